The fourth-order valence-electron chi connectivity index (χ4n) is 3.58. The van der Waals surface area contributed by atoms with E-state index < -0.39 is 0 Å². The van der Waals surface area contributed by atoms with Crippen LogP contribution in [-0.4, -0.2) is 41.5 Å². The molecule has 1 aliphatic rings. The number of anilines is 1. The van der Waals surface area contributed by atoms with Crippen molar-refractivity contribution in [3.63, 3.8) is 0 Å². The molecule has 1 aromatic heterocycles. The highest BCUT2D eigenvalue weighted by molar-refractivity contribution is 5.92. The maximum absolute atomic E-state index is 12.5. The van der Waals surface area contributed by atoms with Crippen molar-refractivity contribution < 1.29 is 4.79 Å². The normalized spacial score (nSPS) is 24.0. The quantitative estimate of drug-likeness (QED) is 0.833. The topological polar surface area (TPSA) is 36.4 Å². The second kappa shape index (κ2) is 8.44. The number of carbonyl (C=O) groups is 1. The van der Waals surface area contributed by atoms with E-state index in [4.69, 9.17) is 0 Å². The van der Waals surface area contributed by atoms with E-state index in [1.54, 1.807) is 6.20 Å². The number of hydrogen-bond acceptors (Lipinski definition) is 3. The van der Waals surface area contributed by atoms with Gasteiger partial charge >= 0.3 is 0 Å². The van der Waals surface area contributed by atoms with Crippen molar-refractivity contribution in [1.29, 1.82) is 0 Å². The fourth-order valence-corrected chi connectivity index (χ4v) is 3.58. The number of carbonyl (C=O) groups excluding carboxylic acids is 1. The molecule has 1 saturated heterocycles. The van der Waals surface area contributed by atoms with Crippen molar-refractivity contribution in [2.45, 2.75) is 53.0 Å². The van der Waals surface area contributed by atoms with Gasteiger partial charge < -0.3 is 4.90 Å². The molecule has 0 spiro atoms. The Kier molecular flexibility index (Phi) is 6.58. The van der Waals surface area contributed by atoms with Gasteiger partial charge in [0.05, 0.1) is 0 Å². The molecule has 128 valence electrons. The molecule has 1 fully saturated rings. The van der Waals surface area contributed by atoms with Crippen LogP contribution in [0.5, 0.6) is 0 Å². The second-order valence-corrected chi connectivity index (χ2v) is 7.16. The third kappa shape index (κ3) is 5.03. The molecule has 3 atom stereocenters. The minimum atomic E-state index is 0.134. The van der Waals surface area contributed by atoms with Gasteiger partial charge in [-0.05, 0) is 43.7 Å². The lowest BCUT2D eigenvalue weighted by Crippen LogP contribution is -2.47. The summed E-state index contributed by atoms with van der Waals surface area (Å²) in [4.78, 5) is 21.3. The van der Waals surface area contributed by atoms with Gasteiger partial charge in [-0.3, -0.25) is 9.69 Å². The van der Waals surface area contributed by atoms with Crippen LogP contribution >= 0.6 is 0 Å². The monoisotopic (exact) mass is 317 g/mol. The van der Waals surface area contributed by atoms with Gasteiger partial charge in [0.15, 0.2) is 0 Å². The SMILES string of the molecule is CCC(=O)N(c1ccccn1)C(C)CN1C[C@H](C)CC[C@H](C)C1. The Morgan fingerprint density at radius 1 is 1.30 bits per heavy atom. The standard InChI is InChI=1S/C19H31N3O/c1-5-19(23)22(18-8-6-7-11-20-18)17(4)14-21-12-15(2)9-10-16(3)13-21/h6-8,11,15-17H,5,9-10,12-14H2,1-4H3/t15-,16+,17?. The zero-order valence-corrected chi connectivity index (χ0v) is 15.0. The first-order valence-corrected chi connectivity index (χ1v) is 8.96. The van der Waals surface area contributed by atoms with Gasteiger partial charge in [-0.1, -0.05) is 26.8 Å². The largest absolute Gasteiger partial charge is 0.301 e. The number of nitrogens with zero attached hydrogens (tertiary/aromatic N) is 3. The van der Waals surface area contributed by atoms with Crippen molar-refractivity contribution in [3.05, 3.63) is 24.4 Å². The van der Waals surface area contributed by atoms with E-state index in [2.05, 4.69) is 30.7 Å². The Bertz CT molecular complexity index is 479. The van der Waals surface area contributed by atoms with Gasteiger partial charge in [0.25, 0.3) is 0 Å². The highest BCUT2D eigenvalue weighted by atomic mass is 16.2. The van der Waals surface area contributed by atoms with E-state index in [1.165, 1.54) is 12.8 Å². The highest BCUT2D eigenvalue weighted by Gasteiger charge is 2.26. The molecule has 23 heavy (non-hydrogen) atoms. The lowest BCUT2D eigenvalue weighted by atomic mass is 10.0. The van der Waals surface area contributed by atoms with E-state index in [-0.39, 0.29) is 11.9 Å². The Morgan fingerprint density at radius 3 is 2.48 bits per heavy atom. The van der Waals surface area contributed by atoms with E-state index in [0.717, 1.165) is 37.3 Å². The zero-order chi connectivity index (χ0) is 16.8. The molecule has 1 aliphatic heterocycles. The van der Waals surface area contributed by atoms with Crippen LogP contribution in [-0.2, 0) is 4.79 Å². The van der Waals surface area contributed by atoms with E-state index in [9.17, 15) is 4.79 Å². The second-order valence-electron chi connectivity index (χ2n) is 7.16. The molecule has 0 saturated carbocycles. The maximum Gasteiger partial charge on any atom is 0.228 e. The predicted octanol–water partition coefficient (Wildman–Crippen LogP) is 3.58. The first kappa shape index (κ1) is 17.9. The van der Waals surface area contributed by atoms with Gasteiger partial charge in [0.1, 0.15) is 5.82 Å². The fraction of sp³-hybridized carbons (Fsp3) is 0.684. The molecular weight excluding hydrogens is 286 g/mol. The molecule has 1 aromatic rings. The molecule has 4 nitrogen and oxygen atoms in total. The molecule has 0 aliphatic carbocycles. The lowest BCUT2D eigenvalue weighted by Gasteiger charge is -2.33. The van der Waals surface area contributed by atoms with Crippen molar-refractivity contribution in [2.24, 2.45) is 11.8 Å². The third-order valence-electron chi connectivity index (χ3n) is 4.72. The van der Waals surface area contributed by atoms with Crippen LogP contribution in [0.25, 0.3) is 0 Å². The van der Waals surface area contributed by atoms with Gasteiger partial charge in [0, 0.05) is 38.3 Å². The zero-order valence-electron chi connectivity index (χ0n) is 15.0. The number of aromatic nitrogens is 1. The Morgan fingerprint density at radius 2 is 1.96 bits per heavy atom. The number of likely N-dealkylation sites (tertiary alicyclic amines) is 1. The van der Waals surface area contributed by atoms with Crippen molar-refractivity contribution in [3.8, 4) is 0 Å². The van der Waals surface area contributed by atoms with E-state index >= 15 is 0 Å². The van der Waals surface area contributed by atoms with Crippen LogP contribution in [0.2, 0.25) is 0 Å². The summed E-state index contributed by atoms with van der Waals surface area (Å²) in [6, 6.07) is 5.90. The molecule has 2 rings (SSSR count). The van der Waals surface area contributed by atoms with Crippen molar-refractivity contribution >= 4 is 11.7 Å². The van der Waals surface area contributed by atoms with Crippen LogP contribution in [0.3, 0.4) is 0 Å². The summed E-state index contributed by atoms with van der Waals surface area (Å²) < 4.78 is 0. The maximum atomic E-state index is 12.5. The molecule has 0 aromatic carbocycles. The molecule has 0 radical (unpaired) electrons. The minimum absolute atomic E-state index is 0.134. The molecular formula is C19H31N3O. The number of hydrogen-bond donors (Lipinski definition) is 0. The number of amides is 1. The van der Waals surface area contributed by atoms with Gasteiger partial charge in [0.2, 0.25) is 5.91 Å². The van der Waals surface area contributed by atoms with Crippen molar-refractivity contribution in [1.82, 2.24) is 9.88 Å². The van der Waals surface area contributed by atoms with Crippen LogP contribution in [0.1, 0.15) is 47.0 Å². The van der Waals surface area contributed by atoms with E-state index in [1.807, 2.05) is 30.0 Å². The summed E-state index contributed by atoms with van der Waals surface area (Å²) >= 11 is 0. The van der Waals surface area contributed by atoms with Crippen LogP contribution in [0.15, 0.2) is 24.4 Å². The molecule has 0 bridgehead atoms. The van der Waals surface area contributed by atoms with Gasteiger partial charge in [-0.25, -0.2) is 4.98 Å². The Hall–Kier alpha value is -1.42. The van der Waals surface area contributed by atoms with Gasteiger partial charge in [-0.15, -0.1) is 0 Å². The minimum Gasteiger partial charge on any atom is -0.301 e. The summed E-state index contributed by atoms with van der Waals surface area (Å²) in [6.07, 6.45) is 4.88. The average Bonchev–Trinajstić information content (AvgIpc) is 2.69. The summed E-state index contributed by atoms with van der Waals surface area (Å²) in [5.74, 6) is 2.38. The van der Waals surface area contributed by atoms with Crippen LogP contribution in [0.4, 0.5) is 5.82 Å². The summed E-state index contributed by atoms with van der Waals surface area (Å²) in [5, 5.41) is 0. The predicted molar refractivity (Wildman–Crippen MR) is 95.5 cm³/mol. The smallest absolute Gasteiger partial charge is 0.228 e. The molecule has 1 amide bonds. The average molecular weight is 317 g/mol. The van der Waals surface area contributed by atoms with Gasteiger partial charge in [-0.2, -0.15) is 0 Å². The molecule has 0 N–H and O–H groups in total. The molecule has 4 heteroatoms. The number of pyridine rings is 1. The summed E-state index contributed by atoms with van der Waals surface area (Å²) in [6.45, 7) is 11.9. The Labute approximate surface area is 140 Å². The van der Waals surface area contributed by atoms with Crippen molar-refractivity contribution in [2.75, 3.05) is 24.5 Å². The first-order chi connectivity index (χ1) is 11.0. The van der Waals surface area contributed by atoms with Crippen LogP contribution < -0.4 is 4.90 Å². The number of rotatable bonds is 5. The highest BCUT2D eigenvalue weighted by Crippen LogP contribution is 2.22. The summed E-state index contributed by atoms with van der Waals surface area (Å²) in [7, 11) is 0. The van der Waals surface area contributed by atoms with Crippen LogP contribution in [0, 0.1) is 11.8 Å². The first-order valence-electron chi connectivity index (χ1n) is 8.96. The molecule has 1 unspecified atom stereocenters. The summed E-state index contributed by atoms with van der Waals surface area (Å²) in [5.41, 5.74) is 0. The third-order valence-corrected chi connectivity index (χ3v) is 4.72. The molecule has 2 heterocycles. The Balaban J connectivity index is 2.11. The lowest BCUT2D eigenvalue weighted by molar-refractivity contribution is -0.118. The van der Waals surface area contributed by atoms with E-state index in [0.29, 0.717) is 6.42 Å².